The number of carbonyl (C=O) groups is 3. The lowest BCUT2D eigenvalue weighted by Crippen LogP contribution is -2.54. The number of methoxy groups -OCH3 is 2. The molecule has 2 aromatic carbocycles. The van der Waals surface area contributed by atoms with Crippen molar-refractivity contribution in [1.82, 2.24) is 4.90 Å². The molecule has 4 atom stereocenters. The number of carbonyl (C=O) groups excluding carboxylic acids is 3. The van der Waals surface area contributed by atoms with E-state index in [1.807, 2.05) is 36.4 Å². The molecule has 0 aromatic heterocycles. The van der Waals surface area contributed by atoms with Gasteiger partial charge < -0.3 is 19.9 Å². The van der Waals surface area contributed by atoms with Crippen LogP contribution in [0.2, 0.25) is 0 Å². The van der Waals surface area contributed by atoms with Crippen LogP contribution in [0.3, 0.4) is 0 Å². The highest BCUT2D eigenvalue weighted by molar-refractivity contribution is 5.97. The molecule has 8 heteroatoms. The normalized spacial score (nSPS) is 27.4. The fraction of sp³-hybridized carbons (Fsp3) is 0.406. The molecular weight excluding hydrogens is 508 g/mol. The van der Waals surface area contributed by atoms with Crippen molar-refractivity contribution in [1.29, 1.82) is 0 Å². The van der Waals surface area contributed by atoms with Gasteiger partial charge in [0.15, 0.2) is 0 Å². The Morgan fingerprint density at radius 1 is 0.975 bits per heavy atom. The van der Waals surface area contributed by atoms with E-state index in [9.17, 15) is 19.5 Å². The third kappa shape index (κ3) is 4.04. The second kappa shape index (κ2) is 10.2. The van der Waals surface area contributed by atoms with Crippen molar-refractivity contribution >= 4 is 23.4 Å². The topological polar surface area (TPSA) is 105 Å². The predicted octanol–water partition coefficient (Wildman–Crippen LogP) is 4.43. The molecule has 2 aliphatic heterocycles. The van der Waals surface area contributed by atoms with Crippen LogP contribution in [-0.4, -0.2) is 54.5 Å². The molecule has 1 unspecified atom stereocenters. The highest BCUT2D eigenvalue weighted by atomic mass is 16.5. The molecule has 1 fully saturated rings. The standard InChI is InChI=1S/C32H34N2O6/c1-39-30(37)21-16-20(12-13-26(21)35)27(36)22-17-23(31(38)40-2)28-32(24-10-6-7-11-25(24)33-28)14-15-34(29(22)32)18-19-8-4-3-5-9-19/h3-11,20,22,29,33,35H,12-18H2,1-2H3/t20?,22-,29-,32-/m1/s1. The summed E-state index contributed by atoms with van der Waals surface area (Å²) in [7, 11) is 2.65. The number of Topliss-reactive ketones (excluding diaryl/α,β-unsaturated/α-hetero) is 1. The molecule has 2 heterocycles. The molecule has 40 heavy (non-hydrogen) atoms. The van der Waals surface area contributed by atoms with Gasteiger partial charge in [0.1, 0.15) is 11.5 Å². The number of aliphatic hydroxyl groups is 1. The Balaban J connectivity index is 1.46. The number of anilines is 1. The van der Waals surface area contributed by atoms with Gasteiger partial charge in [0.2, 0.25) is 0 Å². The fourth-order valence-electron chi connectivity index (χ4n) is 7.58. The van der Waals surface area contributed by atoms with Crippen molar-refractivity contribution in [3.8, 4) is 0 Å². The van der Waals surface area contributed by atoms with Crippen molar-refractivity contribution in [2.45, 2.75) is 50.1 Å². The minimum absolute atomic E-state index is 0.00561. The second-order valence-corrected chi connectivity index (χ2v) is 11.2. The first-order valence-electron chi connectivity index (χ1n) is 13.9. The van der Waals surface area contributed by atoms with Gasteiger partial charge in [-0.15, -0.1) is 0 Å². The minimum Gasteiger partial charge on any atom is -0.512 e. The molecular formula is C32H34N2O6. The summed E-state index contributed by atoms with van der Waals surface area (Å²) in [4.78, 5) is 42.6. The number of likely N-dealkylation sites (tertiary alicyclic amines) is 1. The molecule has 4 aliphatic rings. The molecule has 8 nitrogen and oxygen atoms in total. The quantitative estimate of drug-likeness (QED) is 0.517. The summed E-state index contributed by atoms with van der Waals surface area (Å²) in [5.74, 6) is -1.98. The van der Waals surface area contributed by atoms with Crippen LogP contribution in [0.15, 0.2) is 77.2 Å². The molecule has 208 valence electrons. The van der Waals surface area contributed by atoms with Crippen LogP contribution in [0.4, 0.5) is 5.69 Å². The highest BCUT2D eigenvalue weighted by Crippen LogP contribution is 2.59. The monoisotopic (exact) mass is 542 g/mol. The Hall–Kier alpha value is -3.91. The van der Waals surface area contributed by atoms with Crippen LogP contribution in [0.1, 0.15) is 43.2 Å². The molecule has 0 bridgehead atoms. The molecule has 0 radical (unpaired) electrons. The van der Waals surface area contributed by atoms with Gasteiger partial charge >= 0.3 is 11.9 Å². The molecule has 1 saturated heterocycles. The van der Waals surface area contributed by atoms with Gasteiger partial charge in [-0.2, -0.15) is 0 Å². The Morgan fingerprint density at radius 2 is 1.68 bits per heavy atom. The number of esters is 2. The summed E-state index contributed by atoms with van der Waals surface area (Å²) < 4.78 is 10.1. The highest BCUT2D eigenvalue weighted by Gasteiger charge is 2.62. The van der Waals surface area contributed by atoms with E-state index in [2.05, 4.69) is 28.4 Å². The maximum atomic E-state index is 14.5. The van der Waals surface area contributed by atoms with Gasteiger partial charge in [-0.3, -0.25) is 9.69 Å². The number of fused-ring (bicyclic) bond motifs is 1. The summed E-state index contributed by atoms with van der Waals surface area (Å²) >= 11 is 0. The first kappa shape index (κ1) is 26.3. The van der Waals surface area contributed by atoms with Crippen LogP contribution < -0.4 is 5.32 Å². The van der Waals surface area contributed by atoms with E-state index in [-0.39, 0.29) is 42.4 Å². The largest absolute Gasteiger partial charge is 0.512 e. The fourth-order valence-corrected chi connectivity index (χ4v) is 7.58. The van der Waals surface area contributed by atoms with Gasteiger partial charge in [0, 0.05) is 48.8 Å². The summed E-state index contributed by atoms with van der Waals surface area (Å²) in [6, 6.07) is 18.1. The number of ether oxygens (including phenoxy) is 2. The first-order chi connectivity index (χ1) is 19.4. The summed E-state index contributed by atoms with van der Waals surface area (Å²) in [6.45, 7) is 1.44. The number of para-hydroxylation sites is 1. The van der Waals surface area contributed by atoms with Crippen LogP contribution in [0.25, 0.3) is 0 Å². The van der Waals surface area contributed by atoms with E-state index in [1.165, 1.54) is 14.2 Å². The average molecular weight is 543 g/mol. The number of aliphatic hydroxyl groups excluding tert-OH is 1. The van der Waals surface area contributed by atoms with Gasteiger partial charge in [-0.25, -0.2) is 9.59 Å². The number of hydrogen-bond acceptors (Lipinski definition) is 8. The molecule has 2 aromatic rings. The lowest BCUT2D eigenvalue weighted by atomic mass is 9.61. The summed E-state index contributed by atoms with van der Waals surface area (Å²) in [5, 5.41) is 14.0. The number of ketones is 1. The van der Waals surface area contributed by atoms with Crippen molar-refractivity contribution < 1.29 is 29.0 Å². The van der Waals surface area contributed by atoms with Crippen LogP contribution in [0, 0.1) is 11.8 Å². The maximum absolute atomic E-state index is 14.5. The number of benzene rings is 2. The molecule has 2 aliphatic carbocycles. The van der Waals surface area contributed by atoms with Gasteiger partial charge in [0.05, 0.1) is 30.8 Å². The van der Waals surface area contributed by atoms with Crippen molar-refractivity contribution in [3.05, 3.63) is 88.3 Å². The summed E-state index contributed by atoms with van der Waals surface area (Å²) in [5.41, 5.74) is 4.18. The minimum atomic E-state index is -0.604. The van der Waals surface area contributed by atoms with Crippen molar-refractivity contribution in [2.24, 2.45) is 11.8 Å². The second-order valence-electron chi connectivity index (χ2n) is 11.2. The summed E-state index contributed by atoms with van der Waals surface area (Å²) in [6.07, 6.45) is 1.82. The Labute approximate surface area is 233 Å². The average Bonchev–Trinajstić information content (AvgIpc) is 3.53. The van der Waals surface area contributed by atoms with E-state index >= 15 is 0 Å². The van der Waals surface area contributed by atoms with E-state index in [4.69, 9.17) is 9.47 Å². The predicted molar refractivity (Wildman–Crippen MR) is 148 cm³/mol. The van der Waals surface area contributed by atoms with Gasteiger partial charge in [-0.05, 0) is 42.9 Å². The Bertz CT molecular complexity index is 1430. The smallest absolute Gasteiger partial charge is 0.337 e. The van der Waals surface area contributed by atoms with Crippen LogP contribution in [-0.2, 0) is 35.8 Å². The lowest BCUT2D eigenvalue weighted by molar-refractivity contribution is -0.137. The molecule has 0 saturated carbocycles. The van der Waals surface area contributed by atoms with E-state index in [0.717, 1.165) is 35.5 Å². The number of nitrogens with zero attached hydrogens (tertiary/aromatic N) is 1. The number of allylic oxidation sites excluding steroid dienone is 1. The number of rotatable bonds is 6. The third-order valence-electron chi connectivity index (χ3n) is 9.30. The SMILES string of the molecule is COC(=O)C1=C(O)CCC(C(=O)[C@H]2CC(C(=O)OC)=C3Nc4ccccc4[C@]34CCN(Cc3ccccc3)[C@H]24)C1. The maximum Gasteiger partial charge on any atom is 0.337 e. The molecule has 0 amide bonds. The Morgan fingerprint density at radius 3 is 2.42 bits per heavy atom. The van der Waals surface area contributed by atoms with Gasteiger partial charge in [-0.1, -0.05) is 48.5 Å². The Kier molecular flexibility index (Phi) is 6.74. The molecule has 6 rings (SSSR count). The van der Waals surface area contributed by atoms with E-state index < -0.39 is 29.2 Å². The number of hydrogen-bond donors (Lipinski definition) is 2. The van der Waals surface area contributed by atoms with Crippen LogP contribution >= 0.6 is 0 Å². The van der Waals surface area contributed by atoms with Crippen molar-refractivity contribution in [3.63, 3.8) is 0 Å². The zero-order valence-electron chi connectivity index (χ0n) is 22.8. The lowest BCUT2D eigenvalue weighted by Gasteiger charge is -2.46. The molecule has 1 spiro atoms. The van der Waals surface area contributed by atoms with Crippen LogP contribution in [0.5, 0.6) is 0 Å². The van der Waals surface area contributed by atoms with Crippen molar-refractivity contribution in [2.75, 3.05) is 26.1 Å². The first-order valence-corrected chi connectivity index (χ1v) is 13.9. The van der Waals surface area contributed by atoms with E-state index in [1.54, 1.807) is 0 Å². The third-order valence-corrected chi connectivity index (χ3v) is 9.30. The van der Waals surface area contributed by atoms with E-state index in [0.29, 0.717) is 18.5 Å². The zero-order valence-corrected chi connectivity index (χ0v) is 22.8. The zero-order chi connectivity index (χ0) is 28.0. The van der Waals surface area contributed by atoms with Gasteiger partial charge in [0.25, 0.3) is 0 Å². The number of nitrogens with one attached hydrogen (secondary N) is 1. The molecule has 2 N–H and O–H groups in total.